The maximum Gasteiger partial charge on any atom is 0.251 e. The summed E-state index contributed by atoms with van der Waals surface area (Å²) in [4.78, 5) is 24.9. The highest BCUT2D eigenvalue weighted by Crippen LogP contribution is 2.44. The Hall–Kier alpha value is -2.60. The summed E-state index contributed by atoms with van der Waals surface area (Å²) in [5.74, 6) is 1.45. The van der Waals surface area contributed by atoms with E-state index >= 15 is 0 Å². The van der Waals surface area contributed by atoms with Crippen LogP contribution in [0.4, 0.5) is 0 Å². The predicted octanol–water partition coefficient (Wildman–Crippen LogP) is 2.25. The number of benzene rings is 1. The molecular formula is C23H30N2O4. The average molecular weight is 399 g/mol. The van der Waals surface area contributed by atoms with Crippen molar-refractivity contribution >= 4 is 11.8 Å². The molecule has 156 valence electrons. The molecule has 1 saturated carbocycles. The van der Waals surface area contributed by atoms with Gasteiger partial charge >= 0.3 is 0 Å². The molecule has 3 atom stereocenters. The number of nitrogens with one attached hydrogen (secondary N) is 2. The number of methoxy groups -OCH3 is 1. The van der Waals surface area contributed by atoms with Crippen molar-refractivity contribution < 1.29 is 19.1 Å². The maximum atomic E-state index is 12.9. The zero-order valence-corrected chi connectivity index (χ0v) is 17.5. The molecule has 0 radical (unpaired) electrons. The van der Waals surface area contributed by atoms with Crippen molar-refractivity contribution in [1.29, 1.82) is 0 Å². The van der Waals surface area contributed by atoms with Gasteiger partial charge in [-0.25, -0.2) is 0 Å². The average Bonchev–Trinajstić information content (AvgIpc) is 3.12. The first-order chi connectivity index (χ1) is 13.9. The van der Waals surface area contributed by atoms with Crippen LogP contribution >= 0.6 is 0 Å². The lowest BCUT2D eigenvalue weighted by Crippen LogP contribution is -2.31. The van der Waals surface area contributed by atoms with Crippen LogP contribution in [0.5, 0.6) is 5.75 Å². The normalized spacial score (nSPS) is 24.5. The first-order valence-corrected chi connectivity index (χ1v) is 10.1. The number of allylic oxidation sites excluding steroid dienone is 1. The van der Waals surface area contributed by atoms with Gasteiger partial charge in [0.2, 0.25) is 5.91 Å². The summed E-state index contributed by atoms with van der Waals surface area (Å²) in [6.45, 7) is 5.21. The van der Waals surface area contributed by atoms with Gasteiger partial charge in [-0.15, -0.1) is 0 Å². The Balaban J connectivity index is 1.75. The van der Waals surface area contributed by atoms with E-state index in [4.69, 9.17) is 9.47 Å². The molecule has 1 aliphatic carbocycles. The molecule has 3 unspecified atom stereocenters. The summed E-state index contributed by atoms with van der Waals surface area (Å²) in [5.41, 5.74) is 2.16. The lowest BCUT2D eigenvalue weighted by molar-refractivity contribution is -0.117. The third-order valence-corrected chi connectivity index (χ3v) is 5.63. The van der Waals surface area contributed by atoms with Gasteiger partial charge in [-0.1, -0.05) is 25.1 Å². The van der Waals surface area contributed by atoms with Crippen LogP contribution in [-0.2, 0) is 20.7 Å². The molecule has 1 aromatic carbocycles. The van der Waals surface area contributed by atoms with Crippen LogP contribution < -0.4 is 15.4 Å². The molecule has 0 aromatic heterocycles. The first kappa shape index (κ1) is 21.1. The van der Waals surface area contributed by atoms with E-state index in [9.17, 15) is 9.59 Å². The van der Waals surface area contributed by atoms with E-state index in [-0.39, 0.29) is 23.8 Å². The third kappa shape index (κ3) is 5.26. The maximum absolute atomic E-state index is 12.9. The molecule has 1 saturated heterocycles. The Labute approximate surface area is 172 Å². The smallest absolute Gasteiger partial charge is 0.251 e. The van der Waals surface area contributed by atoms with Gasteiger partial charge < -0.3 is 20.1 Å². The second-order valence-electron chi connectivity index (χ2n) is 7.93. The molecule has 1 aromatic rings. The number of carbonyl (C=O) groups is 2. The number of hydrogen-bond acceptors (Lipinski definition) is 4. The number of fused-ring (bicyclic) bond motifs is 1. The lowest BCUT2D eigenvalue weighted by atomic mass is 9.97. The number of amides is 2. The Morgan fingerprint density at radius 2 is 2.00 bits per heavy atom. The first-order valence-electron chi connectivity index (χ1n) is 10.1. The molecule has 6 heteroatoms. The highest BCUT2D eigenvalue weighted by molar-refractivity contribution is 6.00. The zero-order valence-electron chi connectivity index (χ0n) is 17.5. The molecule has 2 N–H and O–H groups in total. The molecule has 3 rings (SSSR count). The molecule has 2 amide bonds. The summed E-state index contributed by atoms with van der Waals surface area (Å²) in [7, 11) is 3.23. The quantitative estimate of drug-likeness (QED) is 0.520. The van der Waals surface area contributed by atoms with E-state index in [0.29, 0.717) is 36.2 Å². The van der Waals surface area contributed by atoms with Gasteiger partial charge in [-0.05, 0) is 43.0 Å². The van der Waals surface area contributed by atoms with E-state index in [1.54, 1.807) is 27.2 Å². The molecule has 0 spiro atoms. The van der Waals surface area contributed by atoms with Crippen molar-refractivity contribution in [1.82, 2.24) is 10.6 Å². The second-order valence-corrected chi connectivity index (χ2v) is 7.93. The second kappa shape index (κ2) is 9.27. The summed E-state index contributed by atoms with van der Waals surface area (Å²) in [6.07, 6.45) is 4.38. The van der Waals surface area contributed by atoms with E-state index < -0.39 is 0 Å². The molecule has 1 aliphatic heterocycles. The van der Waals surface area contributed by atoms with Crippen molar-refractivity contribution in [3.05, 3.63) is 53.1 Å². The minimum Gasteiger partial charge on any atom is -0.497 e. The van der Waals surface area contributed by atoms with Gasteiger partial charge in [0, 0.05) is 36.1 Å². The Morgan fingerprint density at radius 3 is 2.66 bits per heavy atom. The van der Waals surface area contributed by atoms with Gasteiger partial charge in [0.05, 0.1) is 20.3 Å². The van der Waals surface area contributed by atoms with E-state index in [1.807, 2.05) is 30.3 Å². The fourth-order valence-electron chi connectivity index (χ4n) is 3.91. The Kier molecular flexibility index (Phi) is 6.75. The van der Waals surface area contributed by atoms with Gasteiger partial charge in [0.1, 0.15) is 5.75 Å². The molecule has 1 heterocycles. The van der Waals surface area contributed by atoms with Crippen molar-refractivity contribution in [3.8, 4) is 5.75 Å². The highest BCUT2D eigenvalue weighted by atomic mass is 16.5. The van der Waals surface area contributed by atoms with Crippen LogP contribution in [-0.4, -0.2) is 45.2 Å². The molecule has 6 nitrogen and oxygen atoms in total. The van der Waals surface area contributed by atoms with Crippen molar-refractivity contribution in [2.75, 3.05) is 27.4 Å². The largest absolute Gasteiger partial charge is 0.497 e. The van der Waals surface area contributed by atoms with Gasteiger partial charge in [0.15, 0.2) is 0 Å². The van der Waals surface area contributed by atoms with E-state index in [0.717, 1.165) is 17.7 Å². The van der Waals surface area contributed by atoms with Crippen molar-refractivity contribution in [3.63, 3.8) is 0 Å². The minimum absolute atomic E-state index is 0.110. The fourth-order valence-corrected chi connectivity index (χ4v) is 3.91. The molecule has 2 fully saturated rings. The number of rotatable bonds is 8. The van der Waals surface area contributed by atoms with E-state index in [1.165, 1.54) is 0 Å². The van der Waals surface area contributed by atoms with Crippen molar-refractivity contribution in [2.45, 2.75) is 26.3 Å². The SMILES string of the molecule is CNC(=O)/C(C)=C/C(=C\C(C)Cc1cccc(OC)c1)C(=O)NC1C2COCC21. The van der Waals surface area contributed by atoms with E-state index in [2.05, 4.69) is 17.6 Å². The number of hydrogen-bond donors (Lipinski definition) is 2. The molecule has 29 heavy (non-hydrogen) atoms. The number of ether oxygens (including phenoxy) is 2. The molecular weight excluding hydrogens is 368 g/mol. The lowest BCUT2D eigenvalue weighted by Gasteiger charge is -2.13. The Morgan fingerprint density at radius 1 is 1.28 bits per heavy atom. The fraction of sp³-hybridized carbons (Fsp3) is 0.478. The number of likely N-dealkylation sites (N-methyl/N-ethyl adjacent to an activating group) is 1. The summed E-state index contributed by atoms with van der Waals surface area (Å²) < 4.78 is 10.7. The van der Waals surface area contributed by atoms with Crippen LogP contribution in [0.25, 0.3) is 0 Å². The van der Waals surface area contributed by atoms with Gasteiger partial charge in [-0.2, -0.15) is 0 Å². The van der Waals surface area contributed by atoms with Crippen LogP contribution in [0.1, 0.15) is 19.4 Å². The summed E-state index contributed by atoms with van der Waals surface area (Å²) in [5, 5.41) is 5.73. The monoisotopic (exact) mass is 398 g/mol. The molecule has 0 bridgehead atoms. The van der Waals surface area contributed by atoms with Crippen LogP contribution in [0.3, 0.4) is 0 Å². The van der Waals surface area contributed by atoms with Crippen LogP contribution in [0.2, 0.25) is 0 Å². The highest BCUT2D eigenvalue weighted by Gasteiger charge is 2.54. The minimum atomic E-state index is -0.194. The zero-order chi connectivity index (χ0) is 21.0. The van der Waals surface area contributed by atoms with Crippen LogP contribution in [0, 0.1) is 17.8 Å². The summed E-state index contributed by atoms with van der Waals surface area (Å²) in [6, 6.07) is 8.10. The van der Waals surface area contributed by atoms with Gasteiger partial charge in [-0.3, -0.25) is 9.59 Å². The Bertz CT molecular complexity index is 820. The predicted molar refractivity (Wildman–Crippen MR) is 111 cm³/mol. The topological polar surface area (TPSA) is 76.7 Å². The standard InChI is InChI=1S/C23H30N2O4/c1-14(8-16-6-5-7-18(11-16)28-4)9-17(10-15(2)22(26)24-3)23(27)25-21-19-12-29-13-20(19)21/h5-7,9-11,14,19-21H,8,12-13H2,1-4H3,(H,24,26)(H,25,27)/b15-10+,17-9+. The van der Waals surface area contributed by atoms with Crippen LogP contribution in [0.15, 0.2) is 47.6 Å². The molecule has 2 aliphatic rings. The summed E-state index contributed by atoms with van der Waals surface area (Å²) >= 11 is 0. The van der Waals surface area contributed by atoms with Crippen molar-refractivity contribution in [2.24, 2.45) is 17.8 Å². The third-order valence-electron chi connectivity index (χ3n) is 5.63. The van der Waals surface area contributed by atoms with Gasteiger partial charge in [0.25, 0.3) is 5.91 Å². The number of carbonyl (C=O) groups excluding carboxylic acids is 2.